The van der Waals surface area contributed by atoms with Crippen LogP contribution in [0.25, 0.3) is 0 Å². The minimum absolute atomic E-state index is 0. The monoisotopic (exact) mass is 485 g/mol. The first kappa shape index (κ1) is 23.0. The lowest BCUT2D eigenvalue weighted by Gasteiger charge is -2.13. The molecule has 0 unspecified atom stereocenters. The normalized spacial score (nSPS) is 10.7. The summed E-state index contributed by atoms with van der Waals surface area (Å²) < 4.78 is 16.0. The third kappa shape index (κ3) is 8.49. The van der Waals surface area contributed by atoms with E-state index in [0.717, 1.165) is 29.2 Å². The highest BCUT2D eigenvalue weighted by Gasteiger charge is 2.02. The smallest absolute Gasteiger partial charge is 0.195 e. The summed E-state index contributed by atoms with van der Waals surface area (Å²) >= 11 is 0. The fourth-order valence-corrected chi connectivity index (χ4v) is 2.34. The van der Waals surface area contributed by atoms with E-state index in [1.54, 1.807) is 21.3 Å². The molecule has 2 N–H and O–H groups in total. The van der Waals surface area contributed by atoms with Gasteiger partial charge < -0.3 is 24.8 Å². The second kappa shape index (κ2) is 13.2. The summed E-state index contributed by atoms with van der Waals surface area (Å²) in [5.41, 5.74) is 2.02. The maximum Gasteiger partial charge on any atom is 0.195 e. The van der Waals surface area contributed by atoms with Crippen molar-refractivity contribution in [2.75, 3.05) is 39.8 Å². The largest absolute Gasteiger partial charge is 0.497 e. The van der Waals surface area contributed by atoms with Gasteiger partial charge in [0.05, 0.1) is 13.7 Å². The molecule has 0 saturated heterocycles. The van der Waals surface area contributed by atoms with Crippen LogP contribution in [0.3, 0.4) is 0 Å². The number of methoxy groups -OCH3 is 2. The molecule has 2 rings (SSSR count). The lowest BCUT2D eigenvalue weighted by Crippen LogP contribution is -2.30. The quantitative estimate of drug-likeness (QED) is 0.244. The molecule has 0 aliphatic rings. The third-order valence-electron chi connectivity index (χ3n) is 3.68. The Morgan fingerprint density at radius 2 is 1.78 bits per heavy atom. The van der Waals surface area contributed by atoms with Gasteiger partial charge in [-0.1, -0.05) is 18.2 Å². The van der Waals surface area contributed by atoms with Crippen molar-refractivity contribution in [1.29, 1.82) is 0 Å². The molecule has 0 spiro atoms. The molecule has 0 saturated carbocycles. The minimum atomic E-state index is 0. The predicted octanol–water partition coefficient (Wildman–Crippen LogP) is 3.92. The number of benzene rings is 2. The Morgan fingerprint density at radius 3 is 2.52 bits per heavy atom. The SMILES string of the molecule is CN=C(NCc1cccc(OC)c1)Nc1cccc(OCCCOC)c1.I. The summed E-state index contributed by atoms with van der Waals surface area (Å²) in [5, 5.41) is 6.56. The Hall–Kier alpha value is -2.00. The molecule has 0 amide bonds. The zero-order valence-electron chi connectivity index (χ0n) is 16.0. The molecule has 0 fully saturated rings. The highest BCUT2D eigenvalue weighted by Crippen LogP contribution is 2.17. The number of anilines is 1. The van der Waals surface area contributed by atoms with Gasteiger partial charge in [0.1, 0.15) is 11.5 Å². The van der Waals surface area contributed by atoms with Gasteiger partial charge in [-0.2, -0.15) is 0 Å². The summed E-state index contributed by atoms with van der Waals surface area (Å²) in [6.07, 6.45) is 0.859. The Labute approximate surface area is 178 Å². The molecule has 148 valence electrons. The number of nitrogens with zero attached hydrogens (tertiary/aromatic N) is 1. The van der Waals surface area contributed by atoms with E-state index in [2.05, 4.69) is 15.6 Å². The van der Waals surface area contributed by atoms with Crippen LogP contribution >= 0.6 is 24.0 Å². The lowest BCUT2D eigenvalue weighted by molar-refractivity contribution is 0.172. The number of guanidine groups is 1. The van der Waals surface area contributed by atoms with Crippen LogP contribution in [-0.2, 0) is 11.3 Å². The molecule has 0 atom stereocenters. The van der Waals surface area contributed by atoms with E-state index in [0.29, 0.717) is 25.7 Å². The van der Waals surface area contributed by atoms with E-state index in [9.17, 15) is 0 Å². The molecule has 7 heteroatoms. The van der Waals surface area contributed by atoms with E-state index in [-0.39, 0.29) is 24.0 Å². The van der Waals surface area contributed by atoms with Gasteiger partial charge in [0.25, 0.3) is 0 Å². The molecule has 27 heavy (non-hydrogen) atoms. The first-order valence-electron chi connectivity index (χ1n) is 8.57. The van der Waals surface area contributed by atoms with Crippen LogP contribution < -0.4 is 20.1 Å². The molecule has 0 bridgehead atoms. The topological polar surface area (TPSA) is 64.1 Å². The average molecular weight is 485 g/mol. The number of rotatable bonds is 9. The maximum absolute atomic E-state index is 5.72. The third-order valence-corrected chi connectivity index (χ3v) is 3.68. The Morgan fingerprint density at radius 1 is 1.00 bits per heavy atom. The molecule has 0 aromatic heterocycles. The predicted molar refractivity (Wildman–Crippen MR) is 121 cm³/mol. The summed E-state index contributed by atoms with van der Waals surface area (Å²) in [4.78, 5) is 4.26. The summed E-state index contributed by atoms with van der Waals surface area (Å²) in [6, 6.07) is 15.7. The van der Waals surface area contributed by atoms with E-state index >= 15 is 0 Å². The van der Waals surface area contributed by atoms with Crippen LogP contribution in [0.2, 0.25) is 0 Å². The van der Waals surface area contributed by atoms with Crippen molar-refractivity contribution in [3.05, 3.63) is 54.1 Å². The van der Waals surface area contributed by atoms with Crippen LogP contribution in [0.5, 0.6) is 11.5 Å². The molecule has 0 radical (unpaired) electrons. The van der Waals surface area contributed by atoms with Gasteiger partial charge in [-0.3, -0.25) is 4.99 Å². The number of ether oxygens (including phenoxy) is 3. The molecule has 0 aliphatic heterocycles. The number of hydrogen-bond donors (Lipinski definition) is 2. The number of nitrogens with one attached hydrogen (secondary N) is 2. The molecular formula is C20H28IN3O3. The van der Waals surface area contributed by atoms with Crippen LogP contribution in [0.4, 0.5) is 5.69 Å². The zero-order valence-corrected chi connectivity index (χ0v) is 18.4. The van der Waals surface area contributed by atoms with Crippen molar-refractivity contribution in [3.8, 4) is 11.5 Å². The van der Waals surface area contributed by atoms with Crippen molar-refractivity contribution in [2.24, 2.45) is 4.99 Å². The van der Waals surface area contributed by atoms with Crippen molar-refractivity contribution in [3.63, 3.8) is 0 Å². The van der Waals surface area contributed by atoms with Crippen LogP contribution in [0.1, 0.15) is 12.0 Å². The number of hydrogen-bond acceptors (Lipinski definition) is 4. The molecule has 2 aromatic rings. The van der Waals surface area contributed by atoms with Gasteiger partial charge in [-0.05, 0) is 29.8 Å². The standard InChI is InChI=1S/C20H27N3O3.HI/c1-21-20(22-15-16-7-4-9-18(13-16)25-3)23-17-8-5-10-19(14-17)26-12-6-11-24-2;/h4-5,7-10,13-14H,6,11-12,15H2,1-3H3,(H2,21,22,23);1H. The second-order valence-corrected chi connectivity index (χ2v) is 5.62. The molecule has 0 aliphatic carbocycles. The Kier molecular flexibility index (Phi) is 11.3. The average Bonchev–Trinajstić information content (AvgIpc) is 2.69. The number of aliphatic imine (C=N–C) groups is 1. The Bertz CT molecular complexity index is 710. The van der Waals surface area contributed by atoms with E-state index in [1.807, 2.05) is 48.5 Å². The van der Waals surface area contributed by atoms with E-state index < -0.39 is 0 Å². The highest BCUT2D eigenvalue weighted by atomic mass is 127. The second-order valence-electron chi connectivity index (χ2n) is 5.62. The van der Waals surface area contributed by atoms with Crippen molar-refractivity contribution in [2.45, 2.75) is 13.0 Å². The Balaban J connectivity index is 0.00000364. The van der Waals surface area contributed by atoms with Gasteiger partial charge in [0.2, 0.25) is 0 Å². The first-order valence-corrected chi connectivity index (χ1v) is 8.57. The lowest BCUT2D eigenvalue weighted by atomic mass is 10.2. The minimum Gasteiger partial charge on any atom is -0.497 e. The molecule has 0 heterocycles. The van der Waals surface area contributed by atoms with E-state index in [4.69, 9.17) is 14.2 Å². The van der Waals surface area contributed by atoms with Gasteiger partial charge in [-0.25, -0.2) is 0 Å². The maximum atomic E-state index is 5.72. The fraction of sp³-hybridized carbons (Fsp3) is 0.350. The first-order chi connectivity index (χ1) is 12.7. The van der Waals surface area contributed by atoms with Crippen molar-refractivity contribution < 1.29 is 14.2 Å². The van der Waals surface area contributed by atoms with Gasteiger partial charge >= 0.3 is 0 Å². The van der Waals surface area contributed by atoms with E-state index in [1.165, 1.54) is 0 Å². The molecular weight excluding hydrogens is 457 g/mol. The van der Waals surface area contributed by atoms with Crippen molar-refractivity contribution >= 4 is 35.6 Å². The fourth-order valence-electron chi connectivity index (χ4n) is 2.34. The van der Waals surface area contributed by atoms with Crippen molar-refractivity contribution in [1.82, 2.24) is 5.32 Å². The van der Waals surface area contributed by atoms with Crippen LogP contribution in [0, 0.1) is 0 Å². The number of halogens is 1. The van der Waals surface area contributed by atoms with Crippen LogP contribution in [0.15, 0.2) is 53.5 Å². The van der Waals surface area contributed by atoms with Gasteiger partial charge in [0, 0.05) is 45.5 Å². The summed E-state index contributed by atoms with van der Waals surface area (Å²) in [7, 11) is 5.10. The summed E-state index contributed by atoms with van der Waals surface area (Å²) in [5.74, 6) is 2.34. The van der Waals surface area contributed by atoms with Crippen LogP contribution in [-0.4, -0.2) is 40.4 Å². The molecule has 2 aromatic carbocycles. The zero-order chi connectivity index (χ0) is 18.6. The molecule has 6 nitrogen and oxygen atoms in total. The van der Waals surface area contributed by atoms with Gasteiger partial charge in [-0.15, -0.1) is 24.0 Å². The van der Waals surface area contributed by atoms with Gasteiger partial charge in [0.15, 0.2) is 5.96 Å². The summed E-state index contributed by atoms with van der Waals surface area (Å²) in [6.45, 7) is 1.96. The highest BCUT2D eigenvalue weighted by molar-refractivity contribution is 14.0.